The zero-order chi connectivity index (χ0) is 19.8. The first-order chi connectivity index (χ1) is 12.8. The Bertz CT molecular complexity index is 803. The van der Waals surface area contributed by atoms with Gasteiger partial charge in [-0.15, -0.1) is 0 Å². The smallest absolute Gasteiger partial charge is 0.387 e. The second-order valence-corrected chi connectivity index (χ2v) is 5.68. The quantitative estimate of drug-likeness (QED) is 0.682. The van der Waals surface area contributed by atoms with E-state index in [4.69, 9.17) is 21.1 Å². The van der Waals surface area contributed by atoms with Crippen LogP contribution in [0.25, 0.3) is 0 Å². The lowest BCUT2D eigenvalue weighted by molar-refractivity contribution is -0.155. The Balaban J connectivity index is 1.87. The molecule has 0 fully saturated rings. The zero-order valence-electron chi connectivity index (χ0n) is 14.2. The SMILES string of the molecule is C[C@@H](OC(=O)COc1cccc(Cl)c1)C(=O)Nc1ccccc1OC(F)F. The van der Waals surface area contributed by atoms with E-state index < -0.39 is 31.2 Å². The van der Waals surface area contributed by atoms with E-state index in [0.717, 1.165) is 0 Å². The van der Waals surface area contributed by atoms with Crippen LogP contribution in [-0.4, -0.2) is 31.2 Å². The van der Waals surface area contributed by atoms with Gasteiger partial charge in [-0.2, -0.15) is 8.78 Å². The van der Waals surface area contributed by atoms with Crippen molar-refractivity contribution in [3.63, 3.8) is 0 Å². The van der Waals surface area contributed by atoms with Crippen LogP contribution in [0.1, 0.15) is 6.92 Å². The maximum Gasteiger partial charge on any atom is 0.387 e. The highest BCUT2D eigenvalue weighted by atomic mass is 35.5. The predicted octanol–water partition coefficient (Wildman–Crippen LogP) is 3.89. The molecule has 144 valence electrons. The minimum Gasteiger partial charge on any atom is -0.482 e. The standard InChI is InChI=1S/C18H16ClF2NO5/c1-11(26-16(23)10-25-13-6-4-5-12(19)9-13)17(24)22-14-7-2-3-8-15(14)27-18(20)21/h2-9,11,18H,10H2,1H3,(H,22,24)/t11-/m1/s1. The van der Waals surface area contributed by atoms with Gasteiger partial charge in [0.2, 0.25) is 0 Å². The summed E-state index contributed by atoms with van der Waals surface area (Å²) in [5.41, 5.74) is 0.0286. The highest BCUT2D eigenvalue weighted by Gasteiger charge is 2.20. The number of carbonyl (C=O) groups is 2. The molecule has 1 atom stereocenters. The van der Waals surface area contributed by atoms with E-state index in [1.165, 1.54) is 37.3 Å². The normalized spacial score (nSPS) is 11.6. The van der Waals surface area contributed by atoms with Crippen LogP contribution in [-0.2, 0) is 14.3 Å². The van der Waals surface area contributed by atoms with E-state index in [0.29, 0.717) is 10.8 Å². The fourth-order valence-electron chi connectivity index (χ4n) is 1.99. The zero-order valence-corrected chi connectivity index (χ0v) is 14.9. The van der Waals surface area contributed by atoms with Gasteiger partial charge < -0.3 is 19.5 Å². The summed E-state index contributed by atoms with van der Waals surface area (Å²) in [6, 6.07) is 12.1. The molecule has 27 heavy (non-hydrogen) atoms. The lowest BCUT2D eigenvalue weighted by Crippen LogP contribution is -2.31. The summed E-state index contributed by atoms with van der Waals surface area (Å²) in [5, 5.41) is 2.81. The second kappa shape index (κ2) is 9.72. The summed E-state index contributed by atoms with van der Waals surface area (Å²) in [5.74, 6) is -1.33. The maximum absolute atomic E-state index is 12.4. The van der Waals surface area contributed by atoms with E-state index in [-0.39, 0.29) is 11.4 Å². The monoisotopic (exact) mass is 399 g/mol. The van der Waals surface area contributed by atoms with Gasteiger partial charge in [0, 0.05) is 5.02 Å². The first kappa shape index (κ1) is 20.4. The van der Waals surface area contributed by atoms with Gasteiger partial charge >= 0.3 is 12.6 Å². The minimum atomic E-state index is -3.04. The summed E-state index contributed by atoms with van der Waals surface area (Å²) < 4.78 is 39.3. The van der Waals surface area contributed by atoms with Crippen LogP contribution >= 0.6 is 11.6 Å². The van der Waals surface area contributed by atoms with Crippen LogP contribution in [0.5, 0.6) is 11.5 Å². The Morgan fingerprint density at radius 3 is 2.59 bits per heavy atom. The fraction of sp³-hybridized carbons (Fsp3) is 0.222. The molecule has 9 heteroatoms. The highest BCUT2D eigenvalue weighted by molar-refractivity contribution is 6.30. The largest absolute Gasteiger partial charge is 0.482 e. The first-order valence-corrected chi connectivity index (χ1v) is 8.15. The number of benzene rings is 2. The third kappa shape index (κ3) is 6.74. The third-order valence-electron chi connectivity index (χ3n) is 3.19. The van der Waals surface area contributed by atoms with Crippen LogP contribution in [0.3, 0.4) is 0 Å². The maximum atomic E-state index is 12.4. The van der Waals surface area contributed by atoms with Crippen LogP contribution in [0, 0.1) is 0 Å². The van der Waals surface area contributed by atoms with Crippen LogP contribution in [0.2, 0.25) is 5.02 Å². The molecule has 0 saturated heterocycles. The van der Waals surface area contributed by atoms with Gasteiger partial charge in [0.05, 0.1) is 5.69 Å². The van der Waals surface area contributed by atoms with Gasteiger partial charge in [0.1, 0.15) is 11.5 Å². The van der Waals surface area contributed by atoms with Gasteiger partial charge in [-0.3, -0.25) is 4.79 Å². The van der Waals surface area contributed by atoms with Gasteiger partial charge in [0.15, 0.2) is 12.7 Å². The number of rotatable bonds is 8. The van der Waals surface area contributed by atoms with Crippen molar-refractivity contribution >= 4 is 29.2 Å². The van der Waals surface area contributed by atoms with Crippen molar-refractivity contribution in [2.75, 3.05) is 11.9 Å². The van der Waals surface area contributed by atoms with E-state index in [1.807, 2.05) is 0 Å². The van der Waals surface area contributed by atoms with Crippen LogP contribution in [0.4, 0.5) is 14.5 Å². The Morgan fingerprint density at radius 1 is 1.15 bits per heavy atom. The molecule has 1 N–H and O–H groups in total. The van der Waals surface area contributed by atoms with E-state index in [9.17, 15) is 18.4 Å². The van der Waals surface area contributed by atoms with Crippen molar-refractivity contribution in [3.05, 3.63) is 53.6 Å². The number of nitrogens with one attached hydrogen (secondary N) is 1. The number of ether oxygens (including phenoxy) is 3. The minimum absolute atomic E-state index is 0.0286. The van der Waals surface area contributed by atoms with Crippen molar-refractivity contribution in [1.82, 2.24) is 0 Å². The molecule has 0 spiro atoms. The van der Waals surface area contributed by atoms with Crippen molar-refractivity contribution < 1.29 is 32.6 Å². The van der Waals surface area contributed by atoms with Gasteiger partial charge in [-0.05, 0) is 37.3 Å². The molecule has 0 radical (unpaired) electrons. The molecule has 0 bridgehead atoms. The number of anilines is 1. The molecule has 2 rings (SSSR count). The summed E-state index contributed by atoms with van der Waals surface area (Å²) in [6.45, 7) is -2.13. The number of hydrogen-bond donors (Lipinski definition) is 1. The molecule has 2 aromatic carbocycles. The van der Waals surface area contributed by atoms with Gasteiger partial charge in [-0.1, -0.05) is 29.8 Å². The number of carbonyl (C=O) groups excluding carboxylic acids is 2. The molecule has 2 aromatic rings. The number of esters is 1. The summed E-state index contributed by atoms with van der Waals surface area (Å²) in [6.07, 6.45) is -1.18. The van der Waals surface area contributed by atoms with Crippen LogP contribution in [0.15, 0.2) is 48.5 Å². The van der Waals surface area contributed by atoms with Gasteiger partial charge in [-0.25, -0.2) is 4.79 Å². The number of para-hydroxylation sites is 2. The van der Waals surface area contributed by atoms with E-state index in [2.05, 4.69) is 10.1 Å². The molecular formula is C18H16ClF2NO5. The van der Waals surface area contributed by atoms with Crippen LogP contribution < -0.4 is 14.8 Å². The fourth-order valence-corrected chi connectivity index (χ4v) is 2.17. The number of alkyl halides is 2. The molecule has 1 amide bonds. The summed E-state index contributed by atoms with van der Waals surface area (Å²) in [7, 11) is 0. The Labute approximate surface area is 159 Å². The Kier molecular flexibility index (Phi) is 7.36. The predicted molar refractivity (Wildman–Crippen MR) is 94.2 cm³/mol. The molecule has 0 aliphatic carbocycles. The second-order valence-electron chi connectivity index (χ2n) is 5.24. The molecule has 6 nitrogen and oxygen atoms in total. The lowest BCUT2D eigenvalue weighted by Gasteiger charge is -2.16. The summed E-state index contributed by atoms with van der Waals surface area (Å²) >= 11 is 5.80. The lowest BCUT2D eigenvalue weighted by atomic mass is 10.2. The number of halogens is 3. The highest BCUT2D eigenvalue weighted by Crippen LogP contribution is 2.25. The topological polar surface area (TPSA) is 73.9 Å². The third-order valence-corrected chi connectivity index (χ3v) is 3.43. The molecule has 0 aliphatic heterocycles. The molecule has 0 unspecified atom stereocenters. The Hall–Kier alpha value is -2.87. The molecule has 0 aromatic heterocycles. The molecule has 0 aliphatic rings. The average molecular weight is 400 g/mol. The van der Waals surface area contributed by atoms with Crippen molar-refractivity contribution in [1.29, 1.82) is 0 Å². The van der Waals surface area contributed by atoms with E-state index >= 15 is 0 Å². The van der Waals surface area contributed by atoms with Crippen molar-refractivity contribution in [3.8, 4) is 11.5 Å². The average Bonchev–Trinajstić information content (AvgIpc) is 2.61. The van der Waals surface area contributed by atoms with Crippen molar-refractivity contribution in [2.24, 2.45) is 0 Å². The molecular weight excluding hydrogens is 384 g/mol. The number of hydrogen-bond acceptors (Lipinski definition) is 5. The van der Waals surface area contributed by atoms with Gasteiger partial charge in [0.25, 0.3) is 5.91 Å². The Morgan fingerprint density at radius 2 is 1.89 bits per heavy atom. The van der Waals surface area contributed by atoms with Crippen molar-refractivity contribution in [2.45, 2.75) is 19.6 Å². The summed E-state index contributed by atoms with van der Waals surface area (Å²) in [4.78, 5) is 23.9. The number of amides is 1. The first-order valence-electron chi connectivity index (χ1n) is 7.77. The molecule has 0 heterocycles. The van der Waals surface area contributed by atoms with E-state index in [1.54, 1.807) is 18.2 Å². The molecule has 0 saturated carbocycles.